The van der Waals surface area contributed by atoms with E-state index in [1.165, 1.54) is 12.1 Å². The number of benzene rings is 1. The minimum Gasteiger partial charge on any atom is -0.480 e. The second kappa shape index (κ2) is 15.6. The first-order valence-electron chi connectivity index (χ1n) is 13.7. The maximum absolute atomic E-state index is 12.6. The van der Waals surface area contributed by atoms with Crippen LogP contribution in [0, 0.1) is 17.3 Å². The second-order valence-electron chi connectivity index (χ2n) is 12.3. The molecule has 9 nitrogen and oxygen atoms in total. The fraction of sp³-hybridized carbons (Fsp3) is 0.667. The molecule has 0 heterocycles. The van der Waals surface area contributed by atoms with Crippen molar-refractivity contribution in [2.24, 2.45) is 23.0 Å². The Hall–Kier alpha value is -2.94. The van der Waals surface area contributed by atoms with E-state index in [1.807, 2.05) is 48.5 Å². The van der Waals surface area contributed by atoms with Crippen LogP contribution in [0.5, 0.6) is 11.5 Å². The summed E-state index contributed by atoms with van der Waals surface area (Å²) in [6.45, 7) is 15.4. The van der Waals surface area contributed by atoms with E-state index in [1.54, 1.807) is 13.0 Å². The molecule has 0 saturated carbocycles. The van der Waals surface area contributed by atoms with Crippen LogP contribution in [0.1, 0.15) is 105 Å². The van der Waals surface area contributed by atoms with Crippen LogP contribution < -0.4 is 15.2 Å². The average molecular weight is 550 g/mol. The van der Waals surface area contributed by atoms with Crippen molar-refractivity contribution in [2.75, 3.05) is 0 Å². The van der Waals surface area contributed by atoms with Crippen molar-refractivity contribution < 1.29 is 38.5 Å². The number of carboxylic acids is 1. The van der Waals surface area contributed by atoms with E-state index in [4.69, 9.17) is 19.9 Å². The zero-order valence-corrected chi connectivity index (χ0v) is 24.7. The smallest absolute Gasteiger partial charge is 0.321 e. The molecule has 220 valence electrons. The van der Waals surface area contributed by atoms with Crippen molar-refractivity contribution in [1.29, 1.82) is 0 Å². The van der Waals surface area contributed by atoms with Crippen molar-refractivity contribution in [2.45, 2.75) is 112 Å². The number of hydrogen-bond donors (Lipinski definition) is 2. The van der Waals surface area contributed by atoms with E-state index in [9.17, 15) is 24.3 Å². The van der Waals surface area contributed by atoms with E-state index in [0.29, 0.717) is 24.3 Å². The van der Waals surface area contributed by atoms with E-state index in [0.717, 1.165) is 0 Å². The number of carbonyl (C=O) groups is 4. The number of ether oxygens (including phenoxy) is 3. The molecule has 0 saturated heterocycles. The number of aliphatic carboxylic acids is 1. The lowest BCUT2D eigenvalue weighted by atomic mass is 9.86. The highest BCUT2D eigenvalue weighted by Gasteiger charge is 2.30. The molecule has 1 aromatic carbocycles. The Morgan fingerprint density at radius 1 is 0.846 bits per heavy atom. The first kappa shape index (κ1) is 34.1. The number of nitrogens with two attached hydrogens (primary N) is 1. The molecular weight excluding hydrogens is 502 g/mol. The van der Waals surface area contributed by atoms with Gasteiger partial charge in [-0.15, -0.1) is 0 Å². The summed E-state index contributed by atoms with van der Waals surface area (Å²) in [4.78, 5) is 49.2. The first-order valence-corrected chi connectivity index (χ1v) is 13.7. The quantitative estimate of drug-likeness (QED) is 0.210. The Balaban J connectivity index is 3.30. The molecule has 3 atom stereocenters. The minimum atomic E-state index is -1.32. The molecule has 0 aliphatic heterocycles. The standard InChI is InChI=1S/C30H47NO8/c1-18(2)9-13-25(32)38-23-12-11-21(16-24(23)39-26(33)14-10-19(3)4)22(28(31)29(35)36)15-20(5)37-27(34)17-30(6,7)8/h11-12,16,18-20,22,28H,9-10,13-15,17,31H2,1-8H3,(H,35,36)/t20?,22?,28-/m0/s1. The molecule has 3 N–H and O–H groups in total. The second-order valence-corrected chi connectivity index (χ2v) is 12.3. The maximum atomic E-state index is 12.6. The largest absolute Gasteiger partial charge is 0.480 e. The van der Waals surface area contributed by atoms with E-state index < -0.39 is 36.0 Å². The molecule has 1 aromatic rings. The maximum Gasteiger partial charge on any atom is 0.321 e. The third-order valence-electron chi connectivity index (χ3n) is 6.01. The number of hydrogen-bond acceptors (Lipinski definition) is 8. The Labute approximate surface area is 232 Å². The monoisotopic (exact) mass is 549 g/mol. The van der Waals surface area contributed by atoms with Crippen LogP contribution in [0.4, 0.5) is 0 Å². The lowest BCUT2D eigenvalue weighted by molar-refractivity contribution is -0.151. The summed E-state index contributed by atoms with van der Waals surface area (Å²) in [6.07, 6.45) is 1.33. The highest BCUT2D eigenvalue weighted by molar-refractivity contribution is 5.77. The van der Waals surface area contributed by atoms with Gasteiger partial charge in [0.25, 0.3) is 0 Å². The van der Waals surface area contributed by atoms with Crippen LogP contribution in [0.25, 0.3) is 0 Å². The highest BCUT2D eigenvalue weighted by Crippen LogP contribution is 2.35. The molecule has 0 amide bonds. The Kier molecular flexibility index (Phi) is 13.6. The molecule has 1 rings (SSSR count). The van der Waals surface area contributed by atoms with Gasteiger partial charge < -0.3 is 25.1 Å². The SMILES string of the molecule is CC(C)CCC(=O)Oc1ccc(C(CC(C)OC(=O)CC(C)(C)C)[C@H](N)C(=O)O)cc1OC(=O)CCC(C)C. The van der Waals surface area contributed by atoms with Gasteiger partial charge in [-0.2, -0.15) is 0 Å². The molecule has 0 aliphatic rings. The van der Waals surface area contributed by atoms with E-state index >= 15 is 0 Å². The topological polar surface area (TPSA) is 142 Å². The zero-order chi connectivity index (χ0) is 29.9. The van der Waals surface area contributed by atoms with E-state index in [2.05, 4.69) is 0 Å². The zero-order valence-electron chi connectivity index (χ0n) is 24.7. The van der Waals surface area contributed by atoms with Crippen molar-refractivity contribution >= 4 is 23.9 Å². The van der Waals surface area contributed by atoms with Crippen LogP contribution in [0.2, 0.25) is 0 Å². The summed E-state index contributed by atoms with van der Waals surface area (Å²) in [7, 11) is 0. The van der Waals surface area contributed by atoms with Gasteiger partial charge in [0.05, 0.1) is 12.5 Å². The van der Waals surface area contributed by atoms with Crippen molar-refractivity contribution in [1.82, 2.24) is 0 Å². The normalized spacial score (nSPS) is 14.0. The fourth-order valence-electron chi connectivity index (χ4n) is 3.85. The molecule has 0 aromatic heterocycles. The lowest BCUT2D eigenvalue weighted by Gasteiger charge is -2.26. The van der Waals surface area contributed by atoms with Gasteiger partial charge in [-0.05, 0) is 61.1 Å². The van der Waals surface area contributed by atoms with Crippen LogP contribution >= 0.6 is 0 Å². The van der Waals surface area contributed by atoms with Crippen LogP contribution in [-0.2, 0) is 23.9 Å². The van der Waals surface area contributed by atoms with Gasteiger partial charge in [-0.25, -0.2) is 0 Å². The molecule has 0 fully saturated rings. The van der Waals surface area contributed by atoms with Crippen LogP contribution in [0.3, 0.4) is 0 Å². The Morgan fingerprint density at radius 2 is 1.36 bits per heavy atom. The molecule has 0 radical (unpaired) electrons. The Bertz CT molecular complexity index is 980. The summed E-state index contributed by atoms with van der Waals surface area (Å²) in [5.74, 6) is -2.67. The van der Waals surface area contributed by atoms with Crippen molar-refractivity contribution in [3.05, 3.63) is 23.8 Å². The first-order chi connectivity index (χ1) is 18.0. The molecule has 0 bridgehead atoms. The average Bonchev–Trinajstić information content (AvgIpc) is 2.79. The van der Waals surface area contributed by atoms with Gasteiger partial charge >= 0.3 is 23.9 Å². The molecule has 2 unspecified atom stereocenters. The predicted octanol–water partition coefficient (Wildman–Crippen LogP) is 5.62. The van der Waals surface area contributed by atoms with Gasteiger partial charge in [0, 0.05) is 18.8 Å². The van der Waals surface area contributed by atoms with Crippen LogP contribution in [0.15, 0.2) is 18.2 Å². The molecular formula is C30H47NO8. The molecule has 9 heteroatoms. The third kappa shape index (κ3) is 13.6. The fourth-order valence-corrected chi connectivity index (χ4v) is 3.85. The number of esters is 3. The lowest BCUT2D eigenvalue weighted by Crippen LogP contribution is -2.38. The number of carboxylic acid groups (broad SMARTS) is 1. The molecule has 0 spiro atoms. The summed E-state index contributed by atoms with van der Waals surface area (Å²) in [6, 6.07) is 3.23. The van der Waals surface area contributed by atoms with Crippen molar-refractivity contribution in [3.8, 4) is 11.5 Å². The number of carbonyl (C=O) groups excluding carboxylic acids is 3. The van der Waals surface area contributed by atoms with Crippen LogP contribution in [-0.4, -0.2) is 41.1 Å². The highest BCUT2D eigenvalue weighted by atomic mass is 16.6. The van der Waals surface area contributed by atoms with Crippen molar-refractivity contribution in [3.63, 3.8) is 0 Å². The summed E-state index contributed by atoms with van der Waals surface area (Å²) in [5.41, 5.74) is 6.26. The minimum absolute atomic E-state index is 0.0131. The summed E-state index contributed by atoms with van der Waals surface area (Å²) < 4.78 is 16.6. The predicted molar refractivity (Wildman–Crippen MR) is 148 cm³/mol. The van der Waals surface area contributed by atoms with Gasteiger partial charge in [0.15, 0.2) is 11.5 Å². The molecule has 0 aliphatic carbocycles. The van der Waals surface area contributed by atoms with E-state index in [-0.39, 0.29) is 54.5 Å². The Morgan fingerprint density at radius 3 is 1.82 bits per heavy atom. The van der Waals surface area contributed by atoms with Gasteiger partial charge in [0.2, 0.25) is 0 Å². The van der Waals surface area contributed by atoms with Gasteiger partial charge in [-0.3, -0.25) is 19.2 Å². The van der Waals surface area contributed by atoms with Gasteiger partial charge in [-0.1, -0.05) is 54.5 Å². The molecule has 39 heavy (non-hydrogen) atoms. The number of rotatable bonds is 15. The van der Waals surface area contributed by atoms with Gasteiger partial charge in [0.1, 0.15) is 6.04 Å². The summed E-state index contributed by atoms with van der Waals surface area (Å²) in [5, 5.41) is 9.69. The summed E-state index contributed by atoms with van der Waals surface area (Å²) >= 11 is 0. The third-order valence-corrected chi connectivity index (χ3v) is 6.01.